The molecule has 0 bridgehead atoms. The number of hydrogen-bond donors (Lipinski definition) is 0. The van der Waals surface area contributed by atoms with Gasteiger partial charge >= 0.3 is 0 Å². The van der Waals surface area contributed by atoms with Crippen molar-refractivity contribution >= 4 is 8.32 Å². The molecule has 1 aromatic carbocycles. The lowest BCUT2D eigenvalue weighted by Gasteiger charge is -2.37. The van der Waals surface area contributed by atoms with Crippen molar-refractivity contribution in [1.29, 1.82) is 0 Å². The minimum absolute atomic E-state index is 0.0737. The van der Waals surface area contributed by atoms with Gasteiger partial charge in [0.1, 0.15) is 0 Å². The van der Waals surface area contributed by atoms with Crippen LogP contribution in [-0.4, -0.2) is 25.1 Å². The van der Waals surface area contributed by atoms with Crippen molar-refractivity contribution < 1.29 is 17.6 Å². The third-order valence-electron chi connectivity index (χ3n) is 4.81. The van der Waals surface area contributed by atoms with Crippen LogP contribution in [0, 0.1) is 18.6 Å². The molecule has 0 saturated heterocycles. The molecule has 1 heterocycles. The summed E-state index contributed by atoms with van der Waals surface area (Å²) in [5, 5.41) is 8.05. The molecule has 2 aromatic rings. The van der Waals surface area contributed by atoms with E-state index >= 15 is 0 Å². The van der Waals surface area contributed by atoms with Gasteiger partial charge in [-0.25, -0.2) is 8.78 Å². The average molecular weight is 368 g/mol. The predicted octanol–water partition coefficient (Wildman–Crippen LogP) is 5.00. The van der Waals surface area contributed by atoms with E-state index in [-0.39, 0.29) is 11.0 Å². The van der Waals surface area contributed by atoms with Gasteiger partial charge in [0.25, 0.3) is 0 Å². The molecular weight excluding hydrogens is 342 g/mol. The second-order valence-corrected chi connectivity index (χ2v) is 12.7. The summed E-state index contributed by atoms with van der Waals surface area (Å²) in [5.41, 5.74) is 0.665. The van der Waals surface area contributed by atoms with Crippen LogP contribution in [0.15, 0.2) is 22.6 Å². The summed E-state index contributed by atoms with van der Waals surface area (Å²) in [7, 11) is -1.95. The summed E-state index contributed by atoms with van der Waals surface area (Å²) in [6.45, 7) is 13.0. The normalized spacial score (nSPS) is 13.9. The first kappa shape index (κ1) is 19.7. The largest absolute Gasteiger partial charge is 0.425 e. The van der Waals surface area contributed by atoms with Gasteiger partial charge in [-0.05, 0) is 42.2 Å². The van der Waals surface area contributed by atoms with Crippen LogP contribution in [0.25, 0.3) is 0 Å². The Balaban J connectivity index is 2.20. The van der Waals surface area contributed by atoms with E-state index in [4.69, 9.17) is 8.84 Å². The van der Waals surface area contributed by atoms with Gasteiger partial charge in [-0.2, -0.15) is 0 Å². The summed E-state index contributed by atoms with van der Waals surface area (Å²) in [4.78, 5) is 0. The smallest absolute Gasteiger partial charge is 0.222 e. The first-order valence-corrected chi connectivity index (χ1v) is 11.3. The highest BCUT2D eigenvalue weighted by molar-refractivity contribution is 6.74. The molecule has 7 heteroatoms. The number of aromatic nitrogens is 2. The van der Waals surface area contributed by atoms with E-state index in [9.17, 15) is 8.78 Å². The van der Waals surface area contributed by atoms with Crippen LogP contribution < -0.4 is 0 Å². The van der Waals surface area contributed by atoms with Crippen molar-refractivity contribution in [2.75, 3.05) is 6.61 Å². The quantitative estimate of drug-likeness (QED) is 0.673. The van der Waals surface area contributed by atoms with Gasteiger partial charge in [-0.15, -0.1) is 10.2 Å². The lowest BCUT2D eigenvalue weighted by molar-refractivity contribution is 0.242. The fourth-order valence-corrected chi connectivity index (χ4v) is 3.22. The molecule has 4 nitrogen and oxygen atoms in total. The first-order valence-electron chi connectivity index (χ1n) is 8.37. The maximum atomic E-state index is 13.5. The summed E-state index contributed by atoms with van der Waals surface area (Å²) in [5.74, 6) is -0.992. The highest BCUT2D eigenvalue weighted by Gasteiger charge is 2.38. The van der Waals surface area contributed by atoms with E-state index < -0.39 is 20.0 Å². The molecule has 1 aromatic heterocycles. The third-order valence-corrected chi connectivity index (χ3v) is 9.31. The van der Waals surface area contributed by atoms with Crippen molar-refractivity contribution in [1.82, 2.24) is 10.2 Å². The number of nitrogens with zero attached hydrogens (tertiary/aromatic N) is 2. The predicted molar refractivity (Wildman–Crippen MR) is 95.0 cm³/mol. The molecule has 1 atom stereocenters. The maximum absolute atomic E-state index is 13.5. The Hall–Kier alpha value is -1.60. The highest BCUT2D eigenvalue weighted by atomic mass is 28.4. The third kappa shape index (κ3) is 4.95. The average Bonchev–Trinajstić information content (AvgIpc) is 2.92. The Morgan fingerprint density at radius 1 is 1.16 bits per heavy atom. The highest BCUT2D eigenvalue weighted by Crippen LogP contribution is 2.37. The van der Waals surface area contributed by atoms with Crippen LogP contribution in [0.2, 0.25) is 18.1 Å². The molecule has 0 aliphatic carbocycles. The molecule has 0 aliphatic rings. The molecule has 0 saturated carbocycles. The van der Waals surface area contributed by atoms with Crippen LogP contribution in [0.4, 0.5) is 8.78 Å². The van der Waals surface area contributed by atoms with Crippen LogP contribution >= 0.6 is 0 Å². The van der Waals surface area contributed by atoms with Crippen molar-refractivity contribution in [2.45, 2.75) is 58.2 Å². The Kier molecular flexibility index (Phi) is 5.78. The summed E-state index contributed by atoms with van der Waals surface area (Å²) in [6.07, 6.45) is 0.438. The van der Waals surface area contributed by atoms with Gasteiger partial charge in [0.2, 0.25) is 11.8 Å². The molecular formula is C18H26F2N2O2Si. The fourth-order valence-electron chi connectivity index (χ4n) is 2.17. The second-order valence-electron chi connectivity index (χ2n) is 7.88. The Morgan fingerprint density at radius 3 is 2.36 bits per heavy atom. The first-order chi connectivity index (χ1) is 11.5. The molecule has 0 radical (unpaired) electrons. The van der Waals surface area contributed by atoms with Gasteiger partial charge in [0.05, 0.1) is 5.92 Å². The van der Waals surface area contributed by atoms with Gasteiger partial charge in [-0.1, -0.05) is 26.8 Å². The van der Waals surface area contributed by atoms with Crippen molar-refractivity contribution in [2.24, 2.45) is 0 Å². The van der Waals surface area contributed by atoms with Crippen LogP contribution in [0.5, 0.6) is 0 Å². The van der Waals surface area contributed by atoms with Gasteiger partial charge in [0, 0.05) is 13.5 Å². The molecule has 0 amide bonds. The standard InChI is InChI=1S/C18H26F2N2O2Si/c1-12-21-22-17(24-12)14(11-23-25(5,6)18(2,3)4)9-13-7-8-15(19)16(20)10-13/h7-8,10,14H,9,11H2,1-6H3. The van der Waals surface area contributed by atoms with Crippen molar-refractivity contribution in [3.8, 4) is 0 Å². The van der Waals surface area contributed by atoms with E-state index in [0.717, 1.165) is 6.07 Å². The van der Waals surface area contributed by atoms with Crippen molar-refractivity contribution in [3.05, 3.63) is 47.2 Å². The zero-order valence-electron chi connectivity index (χ0n) is 15.7. The lowest BCUT2D eigenvalue weighted by atomic mass is 10.00. The SMILES string of the molecule is Cc1nnc(C(CO[Si](C)(C)C(C)(C)C)Cc2ccc(F)c(F)c2)o1. The van der Waals surface area contributed by atoms with Crippen LogP contribution in [0.3, 0.4) is 0 Å². The molecule has 2 rings (SSSR count). The zero-order chi connectivity index (χ0) is 18.8. The van der Waals surface area contributed by atoms with E-state index in [1.807, 2.05) is 0 Å². The minimum atomic E-state index is -1.95. The lowest BCUT2D eigenvalue weighted by Crippen LogP contribution is -2.41. The second kappa shape index (κ2) is 7.33. The Bertz CT molecular complexity index is 726. The fraction of sp³-hybridized carbons (Fsp3) is 0.556. The van der Waals surface area contributed by atoms with E-state index in [1.165, 1.54) is 6.07 Å². The molecule has 25 heavy (non-hydrogen) atoms. The number of benzene rings is 1. The van der Waals surface area contributed by atoms with Crippen molar-refractivity contribution in [3.63, 3.8) is 0 Å². The molecule has 1 unspecified atom stereocenters. The zero-order valence-corrected chi connectivity index (χ0v) is 16.7. The van der Waals surface area contributed by atoms with E-state index in [1.54, 1.807) is 13.0 Å². The summed E-state index contributed by atoms with van der Waals surface area (Å²) >= 11 is 0. The monoisotopic (exact) mass is 368 g/mol. The maximum Gasteiger partial charge on any atom is 0.222 e. The number of hydrogen-bond acceptors (Lipinski definition) is 4. The summed E-state index contributed by atoms with van der Waals surface area (Å²) < 4.78 is 38.5. The summed E-state index contributed by atoms with van der Waals surface area (Å²) in [6, 6.07) is 3.91. The molecule has 0 spiro atoms. The van der Waals surface area contributed by atoms with Gasteiger partial charge in [-0.3, -0.25) is 0 Å². The number of rotatable bonds is 6. The van der Waals surface area contributed by atoms with Gasteiger partial charge < -0.3 is 8.84 Å². The molecule has 0 aliphatic heterocycles. The number of halogens is 2. The van der Waals surface area contributed by atoms with Gasteiger partial charge in [0.15, 0.2) is 20.0 Å². The Morgan fingerprint density at radius 2 is 1.84 bits per heavy atom. The van der Waals surface area contributed by atoms with Crippen LogP contribution in [-0.2, 0) is 10.8 Å². The molecule has 138 valence electrons. The van der Waals surface area contributed by atoms with E-state index in [0.29, 0.717) is 30.4 Å². The van der Waals surface area contributed by atoms with E-state index in [2.05, 4.69) is 44.1 Å². The van der Waals surface area contributed by atoms with Crippen LogP contribution in [0.1, 0.15) is 44.0 Å². The molecule has 0 fully saturated rings. The topological polar surface area (TPSA) is 48.2 Å². The number of aryl methyl sites for hydroxylation is 1. The Labute approximate surface area is 148 Å². The minimum Gasteiger partial charge on any atom is -0.425 e. The molecule has 0 N–H and O–H groups in total.